The molecular formula is C13H13BrN4O. The lowest BCUT2D eigenvalue weighted by atomic mass is 10.2. The lowest BCUT2D eigenvalue weighted by Gasteiger charge is -2.04. The standard InChI is InChI=1S/C13H13BrN4O/c1-2-15-10-4-5-11(12(19)7-10)17-18-13-6-3-9(14)8-16-13/h3-8,15,19H,2H2,1H3. The lowest BCUT2D eigenvalue weighted by Crippen LogP contribution is -1.95. The summed E-state index contributed by atoms with van der Waals surface area (Å²) in [7, 11) is 0. The van der Waals surface area contributed by atoms with Gasteiger partial charge in [-0.25, -0.2) is 4.98 Å². The first kappa shape index (κ1) is 13.5. The van der Waals surface area contributed by atoms with Crippen molar-refractivity contribution >= 4 is 33.1 Å². The number of phenols is 1. The van der Waals surface area contributed by atoms with Gasteiger partial charge >= 0.3 is 0 Å². The maximum Gasteiger partial charge on any atom is 0.174 e. The summed E-state index contributed by atoms with van der Waals surface area (Å²) in [4.78, 5) is 4.07. The van der Waals surface area contributed by atoms with E-state index in [0.29, 0.717) is 11.5 Å². The van der Waals surface area contributed by atoms with Crippen LogP contribution in [0.1, 0.15) is 6.92 Å². The molecule has 0 unspecified atom stereocenters. The highest BCUT2D eigenvalue weighted by Gasteiger charge is 2.01. The van der Waals surface area contributed by atoms with Gasteiger partial charge in [0.1, 0.15) is 11.4 Å². The summed E-state index contributed by atoms with van der Waals surface area (Å²) in [5, 5.41) is 20.9. The molecule has 2 N–H and O–H groups in total. The molecule has 0 atom stereocenters. The van der Waals surface area contributed by atoms with E-state index in [2.05, 4.69) is 36.5 Å². The van der Waals surface area contributed by atoms with E-state index < -0.39 is 0 Å². The number of hydrogen-bond acceptors (Lipinski definition) is 5. The number of nitrogens with one attached hydrogen (secondary N) is 1. The van der Waals surface area contributed by atoms with Crippen LogP contribution in [0.5, 0.6) is 5.75 Å². The number of rotatable bonds is 4. The molecule has 0 saturated heterocycles. The molecule has 2 rings (SSSR count). The molecule has 0 fully saturated rings. The summed E-state index contributed by atoms with van der Waals surface area (Å²) >= 11 is 3.29. The van der Waals surface area contributed by atoms with Gasteiger partial charge in [-0.05, 0) is 47.1 Å². The Bertz CT molecular complexity index is 584. The number of phenolic OH excluding ortho intramolecular Hbond substituents is 1. The molecule has 2 aromatic rings. The number of hydrogen-bond donors (Lipinski definition) is 2. The van der Waals surface area contributed by atoms with E-state index in [1.807, 2.05) is 19.1 Å². The number of pyridine rings is 1. The van der Waals surface area contributed by atoms with E-state index in [9.17, 15) is 5.11 Å². The highest BCUT2D eigenvalue weighted by Crippen LogP contribution is 2.30. The summed E-state index contributed by atoms with van der Waals surface area (Å²) < 4.78 is 0.879. The number of benzene rings is 1. The third-order valence-corrected chi connectivity index (χ3v) is 2.80. The Morgan fingerprint density at radius 3 is 2.74 bits per heavy atom. The van der Waals surface area contributed by atoms with E-state index in [0.717, 1.165) is 16.7 Å². The van der Waals surface area contributed by atoms with E-state index in [1.54, 1.807) is 24.4 Å². The molecule has 0 saturated carbocycles. The van der Waals surface area contributed by atoms with Crippen LogP contribution in [-0.4, -0.2) is 16.6 Å². The average Bonchev–Trinajstić information content (AvgIpc) is 2.40. The number of aromatic hydroxyl groups is 1. The third-order valence-electron chi connectivity index (χ3n) is 2.33. The van der Waals surface area contributed by atoms with Crippen LogP contribution in [0.15, 0.2) is 51.2 Å². The Morgan fingerprint density at radius 2 is 2.11 bits per heavy atom. The first-order chi connectivity index (χ1) is 9.19. The van der Waals surface area contributed by atoms with Crippen LogP contribution >= 0.6 is 15.9 Å². The molecular weight excluding hydrogens is 308 g/mol. The van der Waals surface area contributed by atoms with Crippen LogP contribution in [0, 0.1) is 0 Å². The van der Waals surface area contributed by atoms with Crippen molar-refractivity contribution in [3.8, 4) is 5.75 Å². The maximum atomic E-state index is 9.82. The van der Waals surface area contributed by atoms with Gasteiger partial charge in [-0.1, -0.05) is 0 Å². The molecule has 0 aliphatic rings. The SMILES string of the molecule is CCNc1ccc(N=Nc2ccc(Br)cn2)c(O)c1. The van der Waals surface area contributed by atoms with Crippen LogP contribution in [0.2, 0.25) is 0 Å². The van der Waals surface area contributed by atoms with E-state index in [-0.39, 0.29) is 5.75 Å². The first-order valence-corrected chi connectivity index (χ1v) is 6.58. The zero-order chi connectivity index (χ0) is 13.7. The van der Waals surface area contributed by atoms with Gasteiger partial charge in [0.2, 0.25) is 0 Å². The topological polar surface area (TPSA) is 69.9 Å². The predicted molar refractivity (Wildman–Crippen MR) is 78.4 cm³/mol. The number of aromatic nitrogens is 1. The van der Waals surface area contributed by atoms with Crippen LogP contribution in [0.4, 0.5) is 17.2 Å². The Labute approximate surface area is 119 Å². The quantitative estimate of drug-likeness (QED) is 0.820. The summed E-state index contributed by atoms with van der Waals surface area (Å²) in [5.74, 6) is 0.567. The van der Waals surface area contributed by atoms with Crippen molar-refractivity contribution in [2.45, 2.75) is 6.92 Å². The normalized spacial score (nSPS) is 10.8. The van der Waals surface area contributed by atoms with Crippen LogP contribution in [0.3, 0.4) is 0 Å². The molecule has 19 heavy (non-hydrogen) atoms. The largest absolute Gasteiger partial charge is 0.506 e. The summed E-state index contributed by atoms with van der Waals surface area (Å²) in [6.07, 6.45) is 1.64. The van der Waals surface area contributed by atoms with Crippen molar-refractivity contribution in [1.82, 2.24) is 4.98 Å². The van der Waals surface area contributed by atoms with Crippen molar-refractivity contribution in [3.05, 3.63) is 41.0 Å². The minimum atomic E-state index is 0.0827. The second kappa shape index (κ2) is 6.29. The van der Waals surface area contributed by atoms with Crippen molar-refractivity contribution < 1.29 is 5.11 Å². The van der Waals surface area contributed by atoms with Gasteiger partial charge < -0.3 is 10.4 Å². The third kappa shape index (κ3) is 3.75. The molecule has 98 valence electrons. The second-order valence-corrected chi connectivity index (χ2v) is 4.68. The van der Waals surface area contributed by atoms with Crippen molar-refractivity contribution in [1.29, 1.82) is 0 Å². The summed E-state index contributed by atoms with van der Waals surface area (Å²) in [6, 6.07) is 8.72. The zero-order valence-electron chi connectivity index (χ0n) is 10.3. The molecule has 0 aliphatic heterocycles. The zero-order valence-corrected chi connectivity index (χ0v) is 11.9. The molecule has 1 heterocycles. The number of azo groups is 1. The Hall–Kier alpha value is -1.95. The van der Waals surface area contributed by atoms with E-state index >= 15 is 0 Å². The Balaban J connectivity index is 2.16. The van der Waals surface area contributed by atoms with Crippen LogP contribution < -0.4 is 5.32 Å². The highest BCUT2D eigenvalue weighted by molar-refractivity contribution is 9.10. The number of halogens is 1. The van der Waals surface area contributed by atoms with Crippen LogP contribution in [-0.2, 0) is 0 Å². The van der Waals surface area contributed by atoms with Gasteiger partial charge in [0.15, 0.2) is 5.82 Å². The summed E-state index contributed by atoms with van der Waals surface area (Å²) in [6.45, 7) is 2.78. The summed E-state index contributed by atoms with van der Waals surface area (Å²) in [5.41, 5.74) is 1.26. The number of anilines is 1. The fraction of sp³-hybridized carbons (Fsp3) is 0.154. The molecule has 1 aromatic heterocycles. The fourth-order valence-corrected chi connectivity index (χ4v) is 1.69. The van der Waals surface area contributed by atoms with Crippen molar-refractivity contribution in [3.63, 3.8) is 0 Å². The van der Waals surface area contributed by atoms with Crippen LogP contribution in [0.25, 0.3) is 0 Å². The minimum absolute atomic E-state index is 0.0827. The highest BCUT2D eigenvalue weighted by atomic mass is 79.9. The van der Waals surface area contributed by atoms with Gasteiger partial charge in [-0.3, -0.25) is 0 Å². The molecule has 0 amide bonds. The van der Waals surface area contributed by atoms with Gasteiger partial charge in [-0.15, -0.1) is 10.2 Å². The minimum Gasteiger partial charge on any atom is -0.506 e. The molecule has 0 spiro atoms. The first-order valence-electron chi connectivity index (χ1n) is 5.79. The average molecular weight is 321 g/mol. The Kier molecular flexibility index (Phi) is 4.46. The van der Waals surface area contributed by atoms with Gasteiger partial charge in [0.05, 0.1) is 0 Å². The van der Waals surface area contributed by atoms with E-state index in [4.69, 9.17) is 0 Å². The van der Waals surface area contributed by atoms with E-state index in [1.165, 1.54) is 0 Å². The molecule has 1 aromatic carbocycles. The monoisotopic (exact) mass is 320 g/mol. The fourth-order valence-electron chi connectivity index (χ4n) is 1.45. The molecule has 0 bridgehead atoms. The van der Waals surface area contributed by atoms with Gasteiger partial charge in [0, 0.05) is 29.0 Å². The van der Waals surface area contributed by atoms with Gasteiger partial charge in [-0.2, -0.15) is 0 Å². The van der Waals surface area contributed by atoms with Crippen molar-refractivity contribution in [2.24, 2.45) is 10.2 Å². The maximum absolute atomic E-state index is 9.82. The molecule has 5 nitrogen and oxygen atoms in total. The van der Waals surface area contributed by atoms with Crippen molar-refractivity contribution in [2.75, 3.05) is 11.9 Å². The molecule has 6 heteroatoms. The molecule has 0 aliphatic carbocycles. The van der Waals surface area contributed by atoms with Gasteiger partial charge in [0.25, 0.3) is 0 Å². The molecule has 0 radical (unpaired) electrons. The lowest BCUT2D eigenvalue weighted by molar-refractivity contribution is 0.476. The smallest absolute Gasteiger partial charge is 0.174 e. The Morgan fingerprint density at radius 1 is 1.26 bits per heavy atom. The predicted octanol–water partition coefficient (Wildman–Crippen LogP) is 4.40. The number of nitrogens with zero attached hydrogens (tertiary/aromatic N) is 3. The second-order valence-electron chi connectivity index (χ2n) is 3.77.